The third kappa shape index (κ3) is 7.20. The molecule has 0 amide bonds. The molecular weight excluding hydrogens is 733 g/mol. The number of aromatic hydroxyl groups is 2. The Morgan fingerprint density at radius 1 is 0.569 bits per heavy atom. The van der Waals surface area contributed by atoms with E-state index < -0.39 is 0 Å². The lowest BCUT2D eigenvalue weighted by Gasteiger charge is -2.22. The van der Waals surface area contributed by atoms with E-state index in [-0.39, 0.29) is 11.5 Å². The fraction of sp³-hybridized carbons (Fsp3) is 0.318. The first-order valence-corrected chi connectivity index (χ1v) is 20.1. The molecule has 0 aliphatic carbocycles. The van der Waals surface area contributed by atoms with Crippen molar-refractivity contribution in [2.24, 2.45) is 0 Å². The van der Waals surface area contributed by atoms with Crippen LogP contribution < -0.4 is 0 Å². The number of hydrogen-bond acceptors (Lipinski definition) is 10. The van der Waals surface area contributed by atoms with E-state index >= 15 is 0 Å². The number of rotatable bonds is 8. The van der Waals surface area contributed by atoms with Crippen LogP contribution in [0.5, 0.6) is 11.5 Å². The van der Waals surface area contributed by atoms with Gasteiger partial charge in [0, 0.05) is 43.3 Å². The van der Waals surface area contributed by atoms with E-state index in [4.69, 9.17) is 29.6 Å². The summed E-state index contributed by atoms with van der Waals surface area (Å²) in [7, 11) is 0. The second-order valence-corrected chi connectivity index (χ2v) is 14.6. The van der Waals surface area contributed by atoms with Gasteiger partial charge in [-0.15, -0.1) is 0 Å². The maximum atomic E-state index is 9.85. The van der Waals surface area contributed by atoms with Crippen molar-refractivity contribution in [3.63, 3.8) is 0 Å². The SMILES string of the molecule is CCc1nn(C2CCOCC2)c2nc(-c3ccnn3-c3ccc(O)cc3)ccc12.CCc1nn(C2CCOCC2)c2nc(-c3ccnn3-c3cccc(O)c3)ccc12. The topological polar surface area (TPSA) is 156 Å². The summed E-state index contributed by atoms with van der Waals surface area (Å²) in [4.78, 5) is 10.0. The first-order chi connectivity index (χ1) is 28.5. The maximum absolute atomic E-state index is 9.85. The average Bonchev–Trinajstić information content (AvgIpc) is 4.09. The molecule has 8 heterocycles. The van der Waals surface area contributed by atoms with Crippen molar-refractivity contribution in [3.8, 4) is 45.6 Å². The highest BCUT2D eigenvalue weighted by atomic mass is 16.5. The molecule has 58 heavy (non-hydrogen) atoms. The zero-order valence-corrected chi connectivity index (χ0v) is 32.6. The van der Waals surface area contributed by atoms with Gasteiger partial charge in [0.15, 0.2) is 11.3 Å². The summed E-state index contributed by atoms with van der Waals surface area (Å²) in [6.07, 6.45) is 9.07. The van der Waals surface area contributed by atoms with E-state index in [2.05, 4.69) is 45.5 Å². The van der Waals surface area contributed by atoms with Gasteiger partial charge in [-0.05, 0) is 111 Å². The first kappa shape index (κ1) is 37.2. The molecule has 296 valence electrons. The van der Waals surface area contributed by atoms with E-state index in [0.717, 1.165) is 133 Å². The zero-order chi connectivity index (χ0) is 39.6. The summed E-state index contributed by atoms with van der Waals surface area (Å²) in [6.45, 7) is 7.31. The Morgan fingerprint density at radius 2 is 1.07 bits per heavy atom. The summed E-state index contributed by atoms with van der Waals surface area (Å²) >= 11 is 0. The van der Waals surface area contributed by atoms with Gasteiger partial charge in [0.1, 0.15) is 11.5 Å². The molecule has 0 bridgehead atoms. The second-order valence-electron chi connectivity index (χ2n) is 14.6. The van der Waals surface area contributed by atoms with Crippen LogP contribution in [0.25, 0.3) is 56.2 Å². The van der Waals surface area contributed by atoms with Gasteiger partial charge < -0.3 is 19.7 Å². The molecule has 2 N–H and O–H groups in total. The lowest BCUT2D eigenvalue weighted by atomic mass is 10.1. The highest BCUT2D eigenvalue weighted by molar-refractivity contribution is 5.82. The van der Waals surface area contributed by atoms with E-state index in [9.17, 15) is 10.2 Å². The fourth-order valence-corrected chi connectivity index (χ4v) is 7.96. The molecule has 0 unspecified atom stereocenters. The van der Waals surface area contributed by atoms with Crippen molar-refractivity contribution in [3.05, 3.63) is 109 Å². The Balaban J connectivity index is 0.000000150. The monoisotopic (exact) mass is 778 g/mol. The van der Waals surface area contributed by atoms with E-state index in [1.54, 1.807) is 47.4 Å². The van der Waals surface area contributed by atoms with Crippen LogP contribution in [0.3, 0.4) is 0 Å². The van der Waals surface area contributed by atoms with Crippen molar-refractivity contribution in [1.29, 1.82) is 0 Å². The van der Waals surface area contributed by atoms with Crippen LogP contribution in [0, 0.1) is 0 Å². The number of pyridine rings is 2. The minimum absolute atomic E-state index is 0.206. The van der Waals surface area contributed by atoms with Gasteiger partial charge in [-0.2, -0.15) is 20.4 Å². The standard InChI is InChI=1S/2C22H23N5O2/c1-2-19-18-7-8-20(24-22(18)27(25-19)16-10-13-29-14-11-16)21-9-12-23-26(21)15-3-5-17(28)6-4-15;1-2-19-18-6-7-20(24-22(18)27(25-19)15-9-12-29-13-10-15)21-8-11-23-26(21)16-4-3-5-17(28)14-16/h3-9,12,16,28H,2,10-11,13-14H2,1H3;3-8,11,14-15,28H,2,9-10,12-13H2,1H3. The molecule has 14 heteroatoms. The van der Waals surface area contributed by atoms with Crippen LogP contribution in [0.1, 0.15) is 63.0 Å². The Morgan fingerprint density at radius 3 is 1.55 bits per heavy atom. The molecule has 2 aliphatic heterocycles. The number of aromatic nitrogens is 10. The minimum atomic E-state index is 0.206. The molecule has 14 nitrogen and oxygen atoms in total. The molecule has 0 saturated carbocycles. The molecule has 2 fully saturated rings. The Hall–Kier alpha value is -6.38. The highest BCUT2D eigenvalue weighted by Crippen LogP contribution is 2.32. The number of ether oxygens (including phenoxy) is 2. The summed E-state index contributed by atoms with van der Waals surface area (Å²) < 4.78 is 18.9. The molecule has 0 atom stereocenters. The summed E-state index contributed by atoms with van der Waals surface area (Å²) in [6, 6.07) is 26.9. The number of benzene rings is 2. The van der Waals surface area contributed by atoms with E-state index in [1.807, 2.05) is 47.1 Å². The van der Waals surface area contributed by atoms with Gasteiger partial charge in [0.2, 0.25) is 0 Å². The number of nitrogens with zero attached hydrogens (tertiary/aromatic N) is 10. The van der Waals surface area contributed by atoms with E-state index in [0.29, 0.717) is 12.1 Å². The average molecular weight is 779 g/mol. The number of fused-ring (bicyclic) bond motifs is 2. The van der Waals surface area contributed by atoms with Crippen molar-refractivity contribution in [2.75, 3.05) is 26.4 Å². The minimum Gasteiger partial charge on any atom is -0.508 e. The largest absolute Gasteiger partial charge is 0.508 e. The quantitative estimate of drug-likeness (QED) is 0.156. The number of hydrogen-bond donors (Lipinski definition) is 2. The molecular formula is C44H46N10O4. The van der Waals surface area contributed by atoms with Crippen LogP contribution >= 0.6 is 0 Å². The smallest absolute Gasteiger partial charge is 0.159 e. The van der Waals surface area contributed by atoms with Crippen LogP contribution in [0.2, 0.25) is 0 Å². The molecule has 2 saturated heterocycles. The van der Waals surface area contributed by atoms with E-state index in [1.165, 1.54) is 0 Å². The summed E-state index contributed by atoms with van der Waals surface area (Å²) in [5.74, 6) is 0.437. The lowest BCUT2D eigenvalue weighted by Crippen LogP contribution is -2.21. The van der Waals surface area contributed by atoms with Crippen molar-refractivity contribution in [1.82, 2.24) is 49.1 Å². The number of aryl methyl sites for hydroxylation is 2. The van der Waals surface area contributed by atoms with Crippen molar-refractivity contribution >= 4 is 22.1 Å². The first-order valence-electron chi connectivity index (χ1n) is 20.1. The number of phenols is 2. The highest BCUT2D eigenvalue weighted by Gasteiger charge is 2.24. The summed E-state index contributed by atoms with van der Waals surface area (Å²) in [5.41, 5.74) is 9.10. The third-order valence-corrected chi connectivity index (χ3v) is 11.0. The van der Waals surface area contributed by atoms with Gasteiger partial charge >= 0.3 is 0 Å². The van der Waals surface area contributed by atoms with Crippen molar-refractivity contribution < 1.29 is 19.7 Å². The Kier molecular flexibility index (Phi) is 10.4. The van der Waals surface area contributed by atoms with Crippen LogP contribution in [-0.4, -0.2) is 85.7 Å². The fourth-order valence-electron chi connectivity index (χ4n) is 7.96. The molecule has 0 radical (unpaired) electrons. The predicted octanol–water partition coefficient (Wildman–Crippen LogP) is 7.81. The normalized spacial score (nSPS) is 15.2. The Labute approximate surface area is 335 Å². The van der Waals surface area contributed by atoms with Gasteiger partial charge in [0.05, 0.1) is 70.0 Å². The molecule has 0 spiro atoms. The summed E-state index contributed by atoms with van der Waals surface area (Å²) in [5, 5.41) is 40.3. The second kappa shape index (κ2) is 16.2. The van der Waals surface area contributed by atoms with Crippen LogP contribution in [0.4, 0.5) is 0 Å². The lowest BCUT2D eigenvalue weighted by molar-refractivity contribution is 0.0671. The van der Waals surface area contributed by atoms with Gasteiger partial charge in [0.25, 0.3) is 0 Å². The molecule has 2 aromatic carbocycles. The van der Waals surface area contributed by atoms with Gasteiger partial charge in [-0.3, -0.25) is 0 Å². The third-order valence-electron chi connectivity index (χ3n) is 11.0. The van der Waals surface area contributed by atoms with Crippen molar-refractivity contribution in [2.45, 2.75) is 64.5 Å². The molecule has 6 aromatic heterocycles. The Bertz CT molecular complexity index is 2660. The van der Waals surface area contributed by atoms with Crippen LogP contribution in [-0.2, 0) is 22.3 Å². The molecule has 2 aliphatic rings. The van der Waals surface area contributed by atoms with Gasteiger partial charge in [-0.25, -0.2) is 28.7 Å². The van der Waals surface area contributed by atoms with Crippen LogP contribution in [0.15, 0.2) is 97.3 Å². The molecule has 10 rings (SSSR count). The maximum Gasteiger partial charge on any atom is 0.159 e. The zero-order valence-electron chi connectivity index (χ0n) is 32.6. The molecule has 8 aromatic rings. The van der Waals surface area contributed by atoms with Gasteiger partial charge in [-0.1, -0.05) is 19.9 Å². The predicted molar refractivity (Wildman–Crippen MR) is 220 cm³/mol. The number of phenolic OH excluding ortho intramolecular Hbond substituents is 2.